The van der Waals surface area contributed by atoms with Gasteiger partial charge in [0.05, 0.1) is 12.5 Å². The second-order valence-corrected chi connectivity index (χ2v) is 3.77. The highest BCUT2D eigenvalue weighted by Gasteiger charge is 2.09. The van der Waals surface area contributed by atoms with Crippen molar-refractivity contribution < 1.29 is 9.15 Å². The van der Waals surface area contributed by atoms with E-state index in [1.807, 2.05) is 30.3 Å². The van der Waals surface area contributed by atoms with Gasteiger partial charge in [0.25, 0.3) is 0 Å². The van der Waals surface area contributed by atoms with Crippen LogP contribution in [0.25, 0.3) is 21.7 Å². The van der Waals surface area contributed by atoms with Crippen molar-refractivity contribution >= 4 is 21.7 Å². The highest BCUT2D eigenvalue weighted by Crippen LogP contribution is 2.29. The highest BCUT2D eigenvalue weighted by atomic mass is 16.5. The van der Waals surface area contributed by atoms with Crippen molar-refractivity contribution in [2.24, 2.45) is 0 Å². The number of hydrogen-bond donors (Lipinski definition) is 0. The standard InChI is InChI=1S/C14H10O3/c1-16-12-8-4-7-10-9-5-2-3-6-11(9)14(15)17-13(10)12/h2-8H,1H3. The Balaban J connectivity index is 2.62. The summed E-state index contributed by atoms with van der Waals surface area (Å²) in [6.07, 6.45) is 0. The molecule has 3 rings (SSSR count). The van der Waals surface area contributed by atoms with Crippen LogP contribution in [0.3, 0.4) is 0 Å². The van der Waals surface area contributed by atoms with Crippen molar-refractivity contribution in [3.8, 4) is 5.75 Å². The van der Waals surface area contributed by atoms with Crippen LogP contribution in [-0.2, 0) is 0 Å². The molecule has 1 aromatic heterocycles. The smallest absolute Gasteiger partial charge is 0.344 e. The minimum Gasteiger partial charge on any atom is -0.493 e. The van der Waals surface area contributed by atoms with Gasteiger partial charge in [0, 0.05) is 10.8 Å². The van der Waals surface area contributed by atoms with Crippen molar-refractivity contribution in [3.63, 3.8) is 0 Å². The molecule has 0 unspecified atom stereocenters. The zero-order chi connectivity index (χ0) is 11.8. The predicted molar refractivity (Wildman–Crippen MR) is 66.5 cm³/mol. The van der Waals surface area contributed by atoms with Gasteiger partial charge >= 0.3 is 5.63 Å². The van der Waals surface area contributed by atoms with Crippen LogP contribution in [0.1, 0.15) is 0 Å². The fourth-order valence-electron chi connectivity index (χ4n) is 2.04. The summed E-state index contributed by atoms with van der Waals surface area (Å²) in [6, 6.07) is 13.0. The Kier molecular flexibility index (Phi) is 2.11. The summed E-state index contributed by atoms with van der Waals surface area (Å²) < 4.78 is 10.5. The summed E-state index contributed by atoms with van der Waals surface area (Å²) in [5, 5.41) is 2.37. The average Bonchev–Trinajstić information content (AvgIpc) is 2.39. The first-order chi connectivity index (χ1) is 8.31. The Morgan fingerprint density at radius 3 is 2.41 bits per heavy atom. The number of rotatable bonds is 1. The van der Waals surface area contributed by atoms with Crippen LogP contribution >= 0.6 is 0 Å². The normalized spacial score (nSPS) is 10.9. The lowest BCUT2D eigenvalue weighted by atomic mass is 10.1. The zero-order valence-electron chi connectivity index (χ0n) is 9.27. The Labute approximate surface area is 97.2 Å². The van der Waals surface area contributed by atoms with E-state index >= 15 is 0 Å². The zero-order valence-corrected chi connectivity index (χ0v) is 9.27. The number of benzene rings is 2. The maximum atomic E-state index is 11.8. The third-order valence-corrected chi connectivity index (χ3v) is 2.83. The average molecular weight is 226 g/mol. The van der Waals surface area contributed by atoms with Crippen LogP contribution in [0.5, 0.6) is 5.75 Å². The Hall–Kier alpha value is -2.29. The van der Waals surface area contributed by atoms with Gasteiger partial charge in [-0.2, -0.15) is 0 Å². The molecule has 0 saturated heterocycles. The van der Waals surface area contributed by atoms with E-state index in [-0.39, 0.29) is 5.63 Å². The van der Waals surface area contributed by atoms with E-state index in [4.69, 9.17) is 9.15 Å². The van der Waals surface area contributed by atoms with Crippen molar-refractivity contribution in [3.05, 3.63) is 52.9 Å². The molecule has 1 heterocycles. The highest BCUT2D eigenvalue weighted by molar-refractivity contribution is 6.05. The van der Waals surface area contributed by atoms with Crippen LogP contribution in [0.4, 0.5) is 0 Å². The van der Waals surface area contributed by atoms with E-state index in [0.717, 1.165) is 10.8 Å². The maximum absolute atomic E-state index is 11.8. The fourth-order valence-corrected chi connectivity index (χ4v) is 2.04. The minimum atomic E-state index is -0.336. The summed E-state index contributed by atoms with van der Waals surface area (Å²) in [7, 11) is 1.56. The molecule has 0 radical (unpaired) electrons. The predicted octanol–water partition coefficient (Wildman–Crippen LogP) is 2.95. The lowest BCUT2D eigenvalue weighted by molar-refractivity contribution is 0.407. The monoisotopic (exact) mass is 226 g/mol. The van der Waals surface area contributed by atoms with Gasteiger partial charge in [-0.15, -0.1) is 0 Å². The van der Waals surface area contributed by atoms with E-state index in [0.29, 0.717) is 16.7 Å². The van der Waals surface area contributed by atoms with E-state index < -0.39 is 0 Å². The lowest BCUT2D eigenvalue weighted by Gasteiger charge is -2.05. The van der Waals surface area contributed by atoms with Gasteiger partial charge in [-0.25, -0.2) is 4.79 Å². The van der Waals surface area contributed by atoms with Crippen molar-refractivity contribution in [1.29, 1.82) is 0 Å². The molecule has 0 bridgehead atoms. The number of para-hydroxylation sites is 1. The molecular weight excluding hydrogens is 216 g/mol. The first-order valence-corrected chi connectivity index (χ1v) is 5.30. The van der Waals surface area contributed by atoms with Crippen molar-refractivity contribution in [2.45, 2.75) is 0 Å². The largest absolute Gasteiger partial charge is 0.493 e. The topological polar surface area (TPSA) is 39.4 Å². The quantitative estimate of drug-likeness (QED) is 0.473. The van der Waals surface area contributed by atoms with Gasteiger partial charge in [-0.05, 0) is 12.1 Å². The molecule has 0 amide bonds. The number of fused-ring (bicyclic) bond motifs is 3. The first-order valence-electron chi connectivity index (χ1n) is 5.30. The molecule has 17 heavy (non-hydrogen) atoms. The minimum absolute atomic E-state index is 0.336. The van der Waals surface area contributed by atoms with E-state index in [1.54, 1.807) is 19.2 Å². The molecule has 0 aliphatic heterocycles. The van der Waals surface area contributed by atoms with Gasteiger partial charge in [0.1, 0.15) is 0 Å². The van der Waals surface area contributed by atoms with Crippen LogP contribution in [0, 0.1) is 0 Å². The van der Waals surface area contributed by atoms with Crippen molar-refractivity contribution in [2.75, 3.05) is 7.11 Å². The SMILES string of the molecule is COc1cccc2c1oc(=O)c1ccccc12. The molecule has 0 N–H and O–H groups in total. The van der Waals surface area contributed by atoms with Gasteiger partial charge in [0.2, 0.25) is 0 Å². The molecule has 3 aromatic rings. The molecular formula is C14H10O3. The third kappa shape index (κ3) is 1.40. The number of hydrogen-bond acceptors (Lipinski definition) is 3. The lowest BCUT2D eigenvalue weighted by Crippen LogP contribution is -2.00. The van der Waals surface area contributed by atoms with Crippen LogP contribution in [-0.4, -0.2) is 7.11 Å². The molecule has 0 atom stereocenters. The molecule has 3 nitrogen and oxygen atoms in total. The summed E-state index contributed by atoms with van der Waals surface area (Å²) in [6.45, 7) is 0. The van der Waals surface area contributed by atoms with E-state index in [9.17, 15) is 4.79 Å². The Morgan fingerprint density at radius 1 is 0.941 bits per heavy atom. The molecule has 84 valence electrons. The summed E-state index contributed by atoms with van der Waals surface area (Å²) in [5.41, 5.74) is 0.163. The van der Waals surface area contributed by atoms with Crippen LogP contribution in [0.2, 0.25) is 0 Å². The summed E-state index contributed by atoms with van der Waals surface area (Å²) >= 11 is 0. The molecule has 0 fully saturated rings. The first kappa shape index (κ1) is 9.90. The summed E-state index contributed by atoms with van der Waals surface area (Å²) in [5.74, 6) is 0.574. The second kappa shape index (κ2) is 3.63. The van der Waals surface area contributed by atoms with Crippen molar-refractivity contribution in [1.82, 2.24) is 0 Å². The molecule has 0 saturated carbocycles. The number of ether oxygens (including phenoxy) is 1. The van der Waals surface area contributed by atoms with Crippen LogP contribution < -0.4 is 10.4 Å². The van der Waals surface area contributed by atoms with E-state index in [1.165, 1.54) is 0 Å². The van der Waals surface area contributed by atoms with Gasteiger partial charge in [-0.3, -0.25) is 0 Å². The molecule has 0 aliphatic rings. The molecule has 0 spiro atoms. The molecule has 3 heteroatoms. The maximum Gasteiger partial charge on any atom is 0.344 e. The Bertz CT molecular complexity index is 756. The summed E-state index contributed by atoms with van der Waals surface area (Å²) in [4.78, 5) is 11.8. The molecule has 0 aliphatic carbocycles. The number of methoxy groups -OCH3 is 1. The van der Waals surface area contributed by atoms with Gasteiger partial charge in [0.15, 0.2) is 11.3 Å². The van der Waals surface area contributed by atoms with E-state index in [2.05, 4.69) is 0 Å². The fraction of sp³-hybridized carbons (Fsp3) is 0.0714. The molecule has 2 aromatic carbocycles. The van der Waals surface area contributed by atoms with Gasteiger partial charge in [-0.1, -0.05) is 30.3 Å². The Morgan fingerprint density at radius 2 is 1.65 bits per heavy atom. The van der Waals surface area contributed by atoms with Gasteiger partial charge < -0.3 is 9.15 Å². The third-order valence-electron chi connectivity index (χ3n) is 2.83. The van der Waals surface area contributed by atoms with Crippen LogP contribution in [0.15, 0.2) is 51.7 Å². The second-order valence-electron chi connectivity index (χ2n) is 3.77.